The predicted octanol–water partition coefficient (Wildman–Crippen LogP) is 5.94. The van der Waals surface area contributed by atoms with Crippen LogP contribution in [0.1, 0.15) is 38.3 Å². The summed E-state index contributed by atoms with van der Waals surface area (Å²) in [5.41, 5.74) is 1.95. The number of hydrogen-bond acceptors (Lipinski definition) is 4. The number of carbonyl (C=O) groups excluding carboxylic acids is 2. The van der Waals surface area contributed by atoms with E-state index in [1.807, 2.05) is 20.8 Å². The highest BCUT2D eigenvalue weighted by Crippen LogP contribution is 2.26. The molecule has 0 aliphatic rings. The Morgan fingerprint density at radius 2 is 1.64 bits per heavy atom. The van der Waals surface area contributed by atoms with Crippen LogP contribution < -0.4 is 9.62 Å². The van der Waals surface area contributed by atoms with Crippen LogP contribution in [0.4, 0.5) is 5.69 Å². The molecule has 3 aromatic rings. The Labute approximate surface area is 244 Å². The molecule has 2 amide bonds. The van der Waals surface area contributed by atoms with E-state index in [2.05, 4.69) is 21.2 Å². The first-order valence-corrected chi connectivity index (χ1v) is 15.2. The van der Waals surface area contributed by atoms with Crippen molar-refractivity contribution in [3.63, 3.8) is 0 Å². The molecule has 0 fully saturated rings. The molecule has 0 heterocycles. The van der Waals surface area contributed by atoms with E-state index < -0.39 is 28.5 Å². The molecule has 0 spiro atoms. The lowest BCUT2D eigenvalue weighted by Gasteiger charge is -2.32. The van der Waals surface area contributed by atoms with Crippen molar-refractivity contribution in [2.75, 3.05) is 10.8 Å². The zero-order valence-electron chi connectivity index (χ0n) is 22.4. The van der Waals surface area contributed by atoms with Gasteiger partial charge in [0.15, 0.2) is 0 Å². The maximum atomic E-state index is 13.9. The summed E-state index contributed by atoms with van der Waals surface area (Å²) in [5.74, 6) is -0.850. The molecule has 0 bridgehead atoms. The van der Waals surface area contributed by atoms with Gasteiger partial charge < -0.3 is 10.2 Å². The van der Waals surface area contributed by atoms with Crippen LogP contribution in [0.25, 0.3) is 0 Å². The molecular weight excluding hydrogens is 602 g/mol. The first-order valence-electron chi connectivity index (χ1n) is 12.6. The zero-order chi connectivity index (χ0) is 28.7. The van der Waals surface area contributed by atoms with Gasteiger partial charge in [0, 0.05) is 22.1 Å². The number of nitrogens with one attached hydrogen (secondary N) is 1. The van der Waals surface area contributed by atoms with E-state index in [1.165, 1.54) is 17.0 Å². The van der Waals surface area contributed by atoms with Gasteiger partial charge in [-0.05, 0) is 81.3 Å². The van der Waals surface area contributed by atoms with E-state index in [0.717, 1.165) is 26.3 Å². The number of nitrogens with zero attached hydrogens (tertiary/aromatic N) is 2. The third kappa shape index (κ3) is 8.06. The van der Waals surface area contributed by atoms with E-state index in [4.69, 9.17) is 11.6 Å². The topological polar surface area (TPSA) is 86.8 Å². The van der Waals surface area contributed by atoms with Crippen molar-refractivity contribution in [3.8, 4) is 0 Å². The number of benzene rings is 3. The number of amides is 2. The summed E-state index contributed by atoms with van der Waals surface area (Å²) >= 11 is 9.56. The van der Waals surface area contributed by atoms with Crippen LogP contribution in [0.5, 0.6) is 0 Å². The van der Waals surface area contributed by atoms with Crippen molar-refractivity contribution < 1.29 is 18.0 Å². The second-order valence-electron chi connectivity index (χ2n) is 9.45. The monoisotopic (exact) mass is 633 g/mol. The molecule has 0 saturated carbocycles. The number of rotatable bonds is 11. The van der Waals surface area contributed by atoms with E-state index in [0.29, 0.717) is 10.7 Å². The van der Waals surface area contributed by atoms with Gasteiger partial charge >= 0.3 is 0 Å². The van der Waals surface area contributed by atoms with Crippen LogP contribution >= 0.6 is 27.5 Å². The Morgan fingerprint density at radius 1 is 1.00 bits per heavy atom. The highest BCUT2D eigenvalue weighted by atomic mass is 79.9. The van der Waals surface area contributed by atoms with Gasteiger partial charge in [-0.1, -0.05) is 64.3 Å². The van der Waals surface area contributed by atoms with Crippen molar-refractivity contribution >= 4 is 55.1 Å². The van der Waals surface area contributed by atoms with Crippen LogP contribution in [0, 0.1) is 6.92 Å². The summed E-state index contributed by atoms with van der Waals surface area (Å²) < 4.78 is 29.5. The summed E-state index contributed by atoms with van der Waals surface area (Å²) in [6.45, 7) is 6.92. The zero-order valence-corrected chi connectivity index (χ0v) is 25.6. The molecule has 1 N–H and O–H groups in total. The third-order valence-electron chi connectivity index (χ3n) is 6.41. The molecule has 39 heavy (non-hydrogen) atoms. The Bertz CT molecular complexity index is 1400. The van der Waals surface area contributed by atoms with Crippen LogP contribution in [-0.2, 0) is 26.2 Å². The molecule has 3 aromatic carbocycles. The minimum atomic E-state index is -4.11. The van der Waals surface area contributed by atoms with E-state index in [9.17, 15) is 18.0 Å². The highest BCUT2D eigenvalue weighted by Gasteiger charge is 2.32. The lowest BCUT2D eigenvalue weighted by atomic mass is 10.1. The number of sulfonamides is 1. The largest absolute Gasteiger partial charge is 0.352 e. The van der Waals surface area contributed by atoms with Gasteiger partial charge in [0.05, 0.1) is 10.6 Å². The normalized spacial score (nSPS) is 12.9. The molecule has 10 heteroatoms. The maximum absolute atomic E-state index is 13.9. The van der Waals surface area contributed by atoms with Gasteiger partial charge in [-0.3, -0.25) is 13.9 Å². The van der Waals surface area contributed by atoms with Gasteiger partial charge in [0.25, 0.3) is 10.0 Å². The highest BCUT2D eigenvalue weighted by molar-refractivity contribution is 9.10. The smallest absolute Gasteiger partial charge is 0.264 e. The molecule has 0 aromatic heterocycles. The summed E-state index contributed by atoms with van der Waals surface area (Å²) in [6, 6.07) is 19.2. The first-order chi connectivity index (χ1) is 18.4. The van der Waals surface area contributed by atoms with E-state index >= 15 is 0 Å². The molecule has 0 aliphatic heterocycles. The van der Waals surface area contributed by atoms with Gasteiger partial charge in [-0.2, -0.15) is 0 Å². The molecule has 0 radical (unpaired) electrons. The van der Waals surface area contributed by atoms with Gasteiger partial charge in [-0.25, -0.2) is 8.42 Å². The molecule has 208 valence electrons. The summed E-state index contributed by atoms with van der Waals surface area (Å²) in [6.07, 6.45) is 0.729. The Morgan fingerprint density at radius 3 is 2.23 bits per heavy atom. The van der Waals surface area contributed by atoms with E-state index in [1.54, 1.807) is 67.6 Å². The summed E-state index contributed by atoms with van der Waals surface area (Å²) in [4.78, 5) is 28.5. The molecule has 0 unspecified atom stereocenters. The second-order valence-corrected chi connectivity index (χ2v) is 12.7. The quantitative estimate of drug-likeness (QED) is 0.283. The molecule has 7 nitrogen and oxygen atoms in total. The van der Waals surface area contributed by atoms with Crippen molar-refractivity contribution in [2.24, 2.45) is 0 Å². The number of halogens is 2. The molecule has 2 atom stereocenters. The fourth-order valence-corrected chi connectivity index (χ4v) is 5.75. The first kappa shape index (κ1) is 30.7. The van der Waals surface area contributed by atoms with Crippen molar-refractivity contribution in [1.29, 1.82) is 0 Å². The standard InChI is InChI=1S/C29H33BrClN3O4S/c1-5-21(3)32-29(36)22(4)33(18-23-7-6-8-25(31)17-23)28(35)19-34(26-13-11-24(30)12-14-26)39(37,38)27-15-9-20(2)10-16-27/h6-17,21-22H,5,18-19H2,1-4H3,(H,32,36)/t21-,22-/m0/s1. The minimum absolute atomic E-state index is 0.0628. The Hall–Kier alpha value is -2.88. The molecular formula is C29H33BrClN3O4S. The predicted molar refractivity (Wildman–Crippen MR) is 159 cm³/mol. The fourth-order valence-electron chi connectivity index (χ4n) is 3.85. The van der Waals surface area contributed by atoms with Gasteiger partial charge in [0.2, 0.25) is 11.8 Å². The summed E-state index contributed by atoms with van der Waals surface area (Å²) in [7, 11) is -4.11. The van der Waals surface area contributed by atoms with Crippen LogP contribution in [0.3, 0.4) is 0 Å². The lowest BCUT2D eigenvalue weighted by molar-refractivity contribution is -0.139. The van der Waals surface area contributed by atoms with Crippen LogP contribution in [-0.4, -0.2) is 43.8 Å². The number of carbonyl (C=O) groups is 2. The molecule has 0 saturated heterocycles. The number of anilines is 1. The van der Waals surface area contributed by atoms with Gasteiger partial charge in [-0.15, -0.1) is 0 Å². The molecule has 0 aliphatic carbocycles. The Kier molecular flexibility index (Phi) is 10.6. The average molecular weight is 635 g/mol. The third-order valence-corrected chi connectivity index (χ3v) is 8.96. The number of hydrogen-bond donors (Lipinski definition) is 1. The van der Waals surface area contributed by atoms with Crippen molar-refractivity contribution in [3.05, 3.63) is 93.4 Å². The van der Waals surface area contributed by atoms with Crippen LogP contribution in [0.2, 0.25) is 5.02 Å². The van der Waals surface area contributed by atoms with Gasteiger partial charge in [0.1, 0.15) is 12.6 Å². The SMILES string of the molecule is CC[C@H](C)NC(=O)[C@H](C)N(Cc1cccc(Cl)c1)C(=O)CN(c1ccc(Br)cc1)S(=O)(=O)c1ccc(C)cc1. The minimum Gasteiger partial charge on any atom is -0.352 e. The van der Waals surface area contributed by atoms with E-state index in [-0.39, 0.29) is 23.4 Å². The maximum Gasteiger partial charge on any atom is 0.264 e. The van der Waals surface area contributed by atoms with Crippen molar-refractivity contribution in [2.45, 2.75) is 57.6 Å². The lowest BCUT2D eigenvalue weighted by Crippen LogP contribution is -2.52. The number of aryl methyl sites for hydroxylation is 1. The summed E-state index contributed by atoms with van der Waals surface area (Å²) in [5, 5.41) is 3.41. The van der Waals surface area contributed by atoms with Crippen LogP contribution in [0.15, 0.2) is 82.2 Å². The second kappa shape index (κ2) is 13.5. The fraction of sp³-hybridized carbons (Fsp3) is 0.310. The Balaban J connectivity index is 2.02. The molecule has 3 rings (SSSR count). The van der Waals surface area contributed by atoms with Crippen molar-refractivity contribution in [1.82, 2.24) is 10.2 Å². The average Bonchev–Trinajstić information content (AvgIpc) is 2.90.